The molecular weight excluding hydrogens is 204 g/mol. The first kappa shape index (κ1) is 13.2. The van der Waals surface area contributed by atoms with E-state index >= 15 is 0 Å². The molecule has 0 unspecified atom stereocenters. The molecule has 16 heavy (non-hydrogen) atoms. The molecule has 0 aliphatic carbocycles. The number of hydrogen-bond acceptors (Lipinski definition) is 3. The molecule has 1 rings (SSSR count). The zero-order chi connectivity index (χ0) is 12.0. The van der Waals surface area contributed by atoms with Crippen LogP contribution in [0.5, 0.6) is 0 Å². The Labute approximate surface area is 97.3 Å². The first-order chi connectivity index (χ1) is 7.66. The zero-order valence-corrected chi connectivity index (χ0v) is 10.3. The van der Waals surface area contributed by atoms with Crippen molar-refractivity contribution in [3.05, 3.63) is 11.1 Å². The van der Waals surface area contributed by atoms with E-state index in [2.05, 4.69) is 5.32 Å². The lowest BCUT2D eigenvalue weighted by molar-refractivity contribution is -0.126. The van der Waals surface area contributed by atoms with Gasteiger partial charge in [-0.15, -0.1) is 0 Å². The quantitative estimate of drug-likeness (QED) is 0.513. The van der Waals surface area contributed by atoms with Gasteiger partial charge in [-0.2, -0.15) is 0 Å². The molecule has 0 atom stereocenters. The van der Waals surface area contributed by atoms with Crippen LogP contribution in [0.1, 0.15) is 26.2 Å². The van der Waals surface area contributed by atoms with Gasteiger partial charge in [-0.25, -0.2) is 0 Å². The maximum atomic E-state index is 11.9. The third-order valence-corrected chi connectivity index (χ3v) is 3.03. The first-order valence-electron chi connectivity index (χ1n) is 5.92. The highest BCUT2D eigenvalue weighted by Gasteiger charge is 2.18. The van der Waals surface area contributed by atoms with E-state index in [4.69, 9.17) is 5.11 Å². The van der Waals surface area contributed by atoms with Gasteiger partial charge in [0.05, 0.1) is 0 Å². The fourth-order valence-electron chi connectivity index (χ4n) is 1.69. The number of likely N-dealkylation sites (N-methyl/N-ethyl adjacent to an activating group) is 1. The van der Waals surface area contributed by atoms with Crippen molar-refractivity contribution in [2.24, 2.45) is 0 Å². The number of carbonyl (C=O) groups is 1. The minimum Gasteiger partial charge on any atom is -0.396 e. The number of rotatable bonds is 6. The van der Waals surface area contributed by atoms with Crippen molar-refractivity contribution in [2.75, 3.05) is 33.3 Å². The molecule has 0 aromatic carbocycles. The summed E-state index contributed by atoms with van der Waals surface area (Å²) in [5, 5.41) is 11.8. The minimum atomic E-state index is 0.139. The van der Waals surface area contributed by atoms with Crippen molar-refractivity contribution >= 4 is 5.91 Å². The van der Waals surface area contributed by atoms with Crippen LogP contribution in [0.25, 0.3) is 0 Å². The lowest BCUT2D eigenvalue weighted by atomic mass is 10.0. The zero-order valence-electron chi connectivity index (χ0n) is 10.3. The number of unbranched alkanes of at least 4 members (excludes halogenated alkanes) is 2. The lowest BCUT2D eigenvalue weighted by Crippen LogP contribution is -2.38. The van der Waals surface area contributed by atoms with Crippen LogP contribution in [0.4, 0.5) is 0 Å². The average molecular weight is 226 g/mol. The molecule has 1 heterocycles. The van der Waals surface area contributed by atoms with E-state index in [0.29, 0.717) is 0 Å². The summed E-state index contributed by atoms with van der Waals surface area (Å²) in [6.45, 7) is 4.64. The van der Waals surface area contributed by atoms with Gasteiger partial charge in [-0.3, -0.25) is 4.79 Å². The van der Waals surface area contributed by atoms with E-state index in [-0.39, 0.29) is 12.5 Å². The van der Waals surface area contributed by atoms with E-state index in [9.17, 15) is 4.79 Å². The molecule has 0 aromatic rings. The van der Waals surface area contributed by atoms with Crippen LogP contribution in [-0.4, -0.2) is 49.2 Å². The molecule has 92 valence electrons. The third kappa shape index (κ3) is 3.61. The Morgan fingerprint density at radius 1 is 1.38 bits per heavy atom. The standard InChI is InChI=1S/C12H22N2O2/c1-10(11-8-13-9-11)12(16)14(2)6-4-3-5-7-15/h13,15H,3-9H2,1-2H3. The molecule has 1 aliphatic heterocycles. The van der Waals surface area contributed by atoms with Crippen LogP contribution in [0, 0.1) is 0 Å². The van der Waals surface area contributed by atoms with Crippen molar-refractivity contribution in [3.8, 4) is 0 Å². The van der Waals surface area contributed by atoms with Gasteiger partial charge in [-0.1, -0.05) is 0 Å². The summed E-state index contributed by atoms with van der Waals surface area (Å²) < 4.78 is 0. The predicted molar refractivity (Wildman–Crippen MR) is 64.1 cm³/mol. The van der Waals surface area contributed by atoms with Crippen molar-refractivity contribution in [2.45, 2.75) is 26.2 Å². The van der Waals surface area contributed by atoms with Crippen molar-refractivity contribution in [1.29, 1.82) is 0 Å². The van der Waals surface area contributed by atoms with Crippen molar-refractivity contribution < 1.29 is 9.90 Å². The van der Waals surface area contributed by atoms with Crippen LogP contribution >= 0.6 is 0 Å². The summed E-state index contributed by atoms with van der Waals surface area (Å²) in [6, 6.07) is 0. The largest absolute Gasteiger partial charge is 0.396 e. The molecule has 4 nitrogen and oxygen atoms in total. The summed E-state index contributed by atoms with van der Waals surface area (Å²) >= 11 is 0. The summed E-state index contributed by atoms with van der Waals surface area (Å²) in [4.78, 5) is 13.7. The van der Waals surface area contributed by atoms with E-state index in [1.54, 1.807) is 4.90 Å². The van der Waals surface area contributed by atoms with Gasteiger partial charge in [0.15, 0.2) is 0 Å². The molecule has 1 aliphatic rings. The molecule has 1 amide bonds. The van der Waals surface area contributed by atoms with E-state index < -0.39 is 0 Å². The Balaban J connectivity index is 2.30. The Morgan fingerprint density at radius 2 is 2.06 bits per heavy atom. The summed E-state index contributed by atoms with van der Waals surface area (Å²) in [5.41, 5.74) is 2.12. The summed E-state index contributed by atoms with van der Waals surface area (Å²) in [7, 11) is 1.84. The van der Waals surface area contributed by atoms with E-state index in [1.165, 1.54) is 5.57 Å². The molecule has 0 radical (unpaired) electrons. The Kier molecular flexibility index (Phi) is 5.49. The number of hydrogen-bond donors (Lipinski definition) is 2. The topological polar surface area (TPSA) is 52.6 Å². The van der Waals surface area contributed by atoms with E-state index in [1.807, 2.05) is 14.0 Å². The van der Waals surface area contributed by atoms with Crippen molar-refractivity contribution in [1.82, 2.24) is 10.2 Å². The maximum absolute atomic E-state index is 11.9. The van der Waals surface area contributed by atoms with E-state index in [0.717, 1.165) is 44.5 Å². The molecule has 0 aromatic heterocycles. The Hall–Kier alpha value is -0.870. The predicted octanol–water partition coefficient (Wildman–Crippen LogP) is 0.527. The van der Waals surface area contributed by atoms with Gasteiger partial charge < -0.3 is 15.3 Å². The Morgan fingerprint density at radius 3 is 2.56 bits per heavy atom. The minimum absolute atomic E-state index is 0.139. The summed E-state index contributed by atoms with van der Waals surface area (Å²) in [5.74, 6) is 0.139. The second-order valence-corrected chi connectivity index (χ2v) is 4.34. The average Bonchev–Trinajstić information content (AvgIpc) is 2.20. The second-order valence-electron chi connectivity index (χ2n) is 4.34. The molecule has 0 bridgehead atoms. The highest BCUT2D eigenvalue weighted by Crippen LogP contribution is 2.11. The number of amides is 1. The van der Waals surface area contributed by atoms with Gasteiger partial charge in [0.1, 0.15) is 0 Å². The van der Waals surface area contributed by atoms with Gasteiger partial charge in [0, 0.05) is 38.9 Å². The van der Waals surface area contributed by atoms with Gasteiger partial charge in [0.25, 0.3) is 0 Å². The number of nitrogens with zero attached hydrogens (tertiary/aromatic N) is 1. The number of aliphatic hydroxyl groups excluding tert-OH is 1. The van der Waals surface area contributed by atoms with Crippen molar-refractivity contribution in [3.63, 3.8) is 0 Å². The monoisotopic (exact) mass is 226 g/mol. The molecular formula is C12H22N2O2. The van der Waals surface area contributed by atoms with Crippen LogP contribution in [0.3, 0.4) is 0 Å². The van der Waals surface area contributed by atoms with Crippen LogP contribution in [0.15, 0.2) is 11.1 Å². The smallest absolute Gasteiger partial charge is 0.249 e. The number of carbonyl (C=O) groups excluding carboxylic acids is 1. The molecule has 4 heteroatoms. The molecule has 1 saturated heterocycles. The van der Waals surface area contributed by atoms with Crippen LogP contribution in [-0.2, 0) is 4.79 Å². The SMILES string of the molecule is CC(C(=O)N(C)CCCCCO)=C1CNC1. The van der Waals surface area contributed by atoms with Crippen LogP contribution < -0.4 is 5.32 Å². The third-order valence-electron chi connectivity index (χ3n) is 3.03. The number of nitrogens with one attached hydrogen (secondary N) is 1. The second kappa shape index (κ2) is 6.66. The normalized spacial score (nSPS) is 14.6. The van der Waals surface area contributed by atoms with Gasteiger partial charge in [-0.05, 0) is 31.8 Å². The van der Waals surface area contributed by atoms with Gasteiger partial charge >= 0.3 is 0 Å². The summed E-state index contributed by atoms with van der Waals surface area (Å²) in [6.07, 6.45) is 2.76. The fraction of sp³-hybridized carbons (Fsp3) is 0.750. The molecule has 0 saturated carbocycles. The molecule has 2 N–H and O–H groups in total. The van der Waals surface area contributed by atoms with Gasteiger partial charge in [0.2, 0.25) is 5.91 Å². The Bertz CT molecular complexity index is 268. The maximum Gasteiger partial charge on any atom is 0.249 e. The highest BCUT2D eigenvalue weighted by molar-refractivity contribution is 5.93. The fourth-order valence-corrected chi connectivity index (χ4v) is 1.69. The molecule has 0 spiro atoms. The highest BCUT2D eigenvalue weighted by atomic mass is 16.2. The molecule has 1 fully saturated rings. The lowest BCUT2D eigenvalue weighted by Gasteiger charge is -2.24. The van der Waals surface area contributed by atoms with Crippen LogP contribution in [0.2, 0.25) is 0 Å². The first-order valence-corrected chi connectivity index (χ1v) is 5.92. The number of aliphatic hydroxyl groups is 1.